The van der Waals surface area contributed by atoms with E-state index in [2.05, 4.69) is 35.4 Å². The Bertz CT molecular complexity index is 1620. The fraction of sp³-hybridized carbons (Fsp3) is 0.357. The summed E-state index contributed by atoms with van der Waals surface area (Å²) >= 11 is 0. The minimum atomic E-state index is -0.0966. The van der Waals surface area contributed by atoms with Crippen LogP contribution < -0.4 is 10.2 Å². The number of carbonyl (C=O) groups excluding carboxylic acids is 1. The number of aromatic nitrogens is 7. The summed E-state index contributed by atoms with van der Waals surface area (Å²) in [5.41, 5.74) is 6.00. The molecule has 6 rings (SSSR count). The number of carbonyl (C=O) groups is 1. The fourth-order valence-corrected chi connectivity index (χ4v) is 4.93. The van der Waals surface area contributed by atoms with Crippen LogP contribution in [0.2, 0.25) is 0 Å². The van der Waals surface area contributed by atoms with E-state index in [9.17, 15) is 4.79 Å². The summed E-state index contributed by atoms with van der Waals surface area (Å²) in [6, 6.07) is 7.69. The van der Waals surface area contributed by atoms with Crippen molar-refractivity contribution in [1.29, 1.82) is 0 Å². The molecule has 5 aromatic heterocycles. The summed E-state index contributed by atoms with van der Waals surface area (Å²) in [4.78, 5) is 37.0. The number of nitrogens with zero attached hydrogens (tertiary/aromatic N) is 6. The molecule has 0 unspecified atom stereocenters. The van der Waals surface area contributed by atoms with Crippen LogP contribution in [0, 0.1) is 5.41 Å². The average molecular weight is 510 g/mol. The van der Waals surface area contributed by atoms with Crippen molar-refractivity contribution >= 4 is 39.5 Å². The quantitative estimate of drug-likeness (QED) is 0.292. The van der Waals surface area contributed by atoms with Gasteiger partial charge in [-0.2, -0.15) is 5.10 Å². The van der Waals surface area contributed by atoms with Gasteiger partial charge in [-0.25, -0.2) is 15.0 Å². The average Bonchev–Trinajstić information content (AvgIpc) is 3.51. The lowest BCUT2D eigenvalue weighted by molar-refractivity contribution is -0.117. The van der Waals surface area contributed by atoms with Crippen LogP contribution in [-0.4, -0.2) is 54.1 Å². The van der Waals surface area contributed by atoms with E-state index in [0.717, 1.165) is 46.7 Å². The van der Waals surface area contributed by atoms with E-state index < -0.39 is 0 Å². The number of piperidine rings is 1. The largest absolute Gasteiger partial charge is 0.355 e. The number of fused-ring (bicyclic) bond motifs is 2. The number of amides is 1. The number of nitrogens with one attached hydrogen (secondary N) is 3. The highest BCUT2D eigenvalue weighted by atomic mass is 16.1. The Kier molecular flexibility index (Phi) is 6.01. The Morgan fingerprint density at radius 2 is 1.87 bits per heavy atom. The van der Waals surface area contributed by atoms with Gasteiger partial charge in [-0.1, -0.05) is 20.8 Å². The SMILES string of the molecule is CC(C)(C)CC(=O)Nc1cncc(-c2ccc3[nH]nc(-c4nc5c(N6CCCCC6)nccc5[nH]4)c3n2)c1. The van der Waals surface area contributed by atoms with Gasteiger partial charge in [0.05, 0.1) is 28.6 Å². The van der Waals surface area contributed by atoms with Crippen molar-refractivity contribution in [2.45, 2.75) is 46.5 Å². The molecule has 1 aliphatic heterocycles. The molecule has 1 fully saturated rings. The first-order valence-electron chi connectivity index (χ1n) is 13.0. The van der Waals surface area contributed by atoms with E-state index in [-0.39, 0.29) is 11.3 Å². The van der Waals surface area contributed by atoms with Gasteiger partial charge in [-0.3, -0.25) is 14.9 Å². The number of hydrogen-bond acceptors (Lipinski definition) is 7. The van der Waals surface area contributed by atoms with Crippen molar-refractivity contribution < 1.29 is 4.79 Å². The molecule has 0 saturated carbocycles. The summed E-state index contributed by atoms with van der Waals surface area (Å²) in [6.45, 7) is 8.10. The van der Waals surface area contributed by atoms with Crippen LogP contribution in [0.4, 0.5) is 11.5 Å². The molecule has 10 nitrogen and oxygen atoms in total. The molecule has 10 heteroatoms. The minimum Gasteiger partial charge on any atom is -0.355 e. The zero-order valence-electron chi connectivity index (χ0n) is 21.9. The minimum absolute atomic E-state index is 0.0414. The number of rotatable bonds is 5. The Hall–Kier alpha value is -4.34. The van der Waals surface area contributed by atoms with Crippen molar-refractivity contribution in [3.05, 3.63) is 42.9 Å². The molecule has 6 heterocycles. The first-order valence-corrected chi connectivity index (χ1v) is 13.0. The van der Waals surface area contributed by atoms with Crippen LogP contribution >= 0.6 is 0 Å². The third-order valence-corrected chi connectivity index (χ3v) is 6.68. The van der Waals surface area contributed by atoms with E-state index in [1.54, 1.807) is 12.4 Å². The molecular weight excluding hydrogens is 478 g/mol. The van der Waals surface area contributed by atoms with Crippen LogP contribution in [0.5, 0.6) is 0 Å². The predicted octanol–water partition coefficient (Wildman–Crippen LogP) is 5.32. The lowest BCUT2D eigenvalue weighted by Crippen LogP contribution is -2.30. The first-order chi connectivity index (χ1) is 18.3. The van der Waals surface area contributed by atoms with Crippen LogP contribution in [-0.2, 0) is 4.79 Å². The molecule has 1 amide bonds. The summed E-state index contributed by atoms with van der Waals surface area (Å²) in [5.74, 6) is 1.51. The van der Waals surface area contributed by atoms with Gasteiger partial charge >= 0.3 is 0 Å². The lowest BCUT2D eigenvalue weighted by Gasteiger charge is -2.27. The maximum atomic E-state index is 12.4. The zero-order chi connectivity index (χ0) is 26.3. The third-order valence-electron chi connectivity index (χ3n) is 6.68. The number of H-pyrrole nitrogens is 2. The summed E-state index contributed by atoms with van der Waals surface area (Å²) < 4.78 is 0. The van der Waals surface area contributed by atoms with Crippen molar-refractivity contribution in [1.82, 2.24) is 35.1 Å². The van der Waals surface area contributed by atoms with Crippen molar-refractivity contribution in [3.8, 4) is 22.8 Å². The maximum absolute atomic E-state index is 12.4. The van der Waals surface area contributed by atoms with Crippen molar-refractivity contribution in [2.24, 2.45) is 5.41 Å². The van der Waals surface area contributed by atoms with Crippen molar-refractivity contribution in [3.63, 3.8) is 0 Å². The Morgan fingerprint density at radius 3 is 2.68 bits per heavy atom. The molecule has 1 aliphatic rings. The van der Waals surface area contributed by atoms with Gasteiger partial charge in [0.1, 0.15) is 11.0 Å². The molecule has 194 valence electrons. The molecule has 5 aromatic rings. The van der Waals surface area contributed by atoms with Gasteiger partial charge in [0.25, 0.3) is 0 Å². The molecule has 3 N–H and O–H groups in total. The van der Waals surface area contributed by atoms with Crippen molar-refractivity contribution in [2.75, 3.05) is 23.3 Å². The van der Waals surface area contributed by atoms with Gasteiger partial charge in [-0.05, 0) is 48.9 Å². The number of imidazole rings is 1. The molecule has 1 saturated heterocycles. The number of aromatic amines is 2. The highest BCUT2D eigenvalue weighted by Gasteiger charge is 2.21. The zero-order valence-corrected chi connectivity index (χ0v) is 21.9. The third kappa shape index (κ3) is 4.81. The summed E-state index contributed by atoms with van der Waals surface area (Å²) in [5, 5.41) is 10.6. The highest BCUT2D eigenvalue weighted by Crippen LogP contribution is 2.31. The lowest BCUT2D eigenvalue weighted by atomic mass is 9.92. The molecule has 0 radical (unpaired) electrons. The van der Waals surface area contributed by atoms with Crippen LogP contribution in [0.1, 0.15) is 46.5 Å². The summed E-state index contributed by atoms with van der Waals surface area (Å²) in [6.07, 6.45) is 9.23. The Morgan fingerprint density at radius 1 is 1.03 bits per heavy atom. The predicted molar refractivity (Wildman–Crippen MR) is 149 cm³/mol. The van der Waals surface area contributed by atoms with Gasteiger partial charge < -0.3 is 15.2 Å². The second-order valence-electron chi connectivity index (χ2n) is 11.1. The van der Waals surface area contributed by atoms with Gasteiger partial charge in [0.2, 0.25) is 5.91 Å². The van der Waals surface area contributed by atoms with Gasteiger partial charge in [0, 0.05) is 37.5 Å². The number of anilines is 2. The summed E-state index contributed by atoms with van der Waals surface area (Å²) in [7, 11) is 0. The van der Waals surface area contributed by atoms with E-state index in [1.165, 1.54) is 19.3 Å². The second kappa shape index (κ2) is 9.51. The van der Waals surface area contributed by atoms with E-state index in [1.807, 2.05) is 51.2 Å². The maximum Gasteiger partial charge on any atom is 0.224 e. The molecule has 0 aromatic carbocycles. The highest BCUT2D eigenvalue weighted by molar-refractivity contribution is 5.94. The molecule has 0 aliphatic carbocycles. The molecule has 0 spiro atoms. The molecule has 0 atom stereocenters. The number of pyridine rings is 3. The topological polar surface area (TPSA) is 128 Å². The Balaban J connectivity index is 1.33. The fourth-order valence-electron chi connectivity index (χ4n) is 4.93. The molecular formula is C28H31N9O. The van der Waals surface area contributed by atoms with Crippen LogP contribution in [0.25, 0.3) is 44.8 Å². The second-order valence-corrected chi connectivity index (χ2v) is 11.1. The molecule has 0 bridgehead atoms. The van der Waals surface area contributed by atoms with E-state index in [4.69, 9.17) is 9.97 Å². The first kappa shape index (κ1) is 24.0. The van der Waals surface area contributed by atoms with Gasteiger partial charge in [0.15, 0.2) is 17.3 Å². The smallest absolute Gasteiger partial charge is 0.224 e. The number of hydrogen-bond donors (Lipinski definition) is 3. The molecule has 38 heavy (non-hydrogen) atoms. The van der Waals surface area contributed by atoms with Crippen LogP contribution in [0.3, 0.4) is 0 Å². The van der Waals surface area contributed by atoms with Crippen LogP contribution in [0.15, 0.2) is 42.9 Å². The standard InChI is InChI=1S/C28H31N9O/c1-28(2,3)14-22(38)31-18-13-17(15-29-16-18)19-7-8-21-23(32-19)25(36-35-21)26-33-20-9-10-30-27(24(20)34-26)37-11-5-4-6-12-37/h7-10,13,15-16H,4-6,11-12,14H2,1-3H3,(H,31,38)(H,33,34)(H,35,36). The normalized spacial score (nSPS) is 14.3. The van der Waals surface area contributed by atoms with Gasteiger partial charge in [-0.15, -0.1) is 0 Å². The van der Waals surface area contributed by atoms with E-state index in [0.29, 0.717) is 29.1 Å². The Labute approximate surface area is 220 Å². The monoisotopic (exact) mass is 509 g/mol. The van der Waals surface area contributed by atoms with E-state index >= 15 is 0 Å².